The van der Waals surface area contributed by atoms with Gasteiger partial charge in [-0.3, -0.25) is 5.32 Å². The van der Waals surface area contributed by atoms with Crippen LogP contribution in [0.5, 0.6) is 0 Å². The fraction of sp³-hybridized carbons (Fsp3) is 0.357. The van der Waals surface area contributed by atoms with Gasteiger partial charge in [0.05, 0.1) is 13.7 Å². The second-order valence-corrected chi connectivity index (χ2v) is 4.14. The number of carbonyl (C=O) groups is 1. The monoisotopic (exact) mass is 249 g/mol. The number of ether oxygens (including phenoxy) is 1. The highest BCUT2D eigenvalue weighted by molar-refractivity contribution is 5.82. The first-order valence-electron chi connectivity index (χ1n) is 5.49. The normalized spacial score (nSPS) is 13.5. The third kappa shape index (κ3) is 2.69. The number of hydrogen-bond donors (Lipinski definition) is 1. The Labute approximate surface area is 106 Å². The largest absolute Gasteiger partial charge is 0.467 e. The third-order valence-electron chi connectivity index (χ3n) is 2.89. The lowest BCUT2D eigenvalue weighted by atomic mass is 9.91. The van der Waals surface area contributed by atoms with E-state index in [0.29, 0.717) is 11.1 Å². The number of terminal acetylenes is 1. The van der Waals surface area contributed by atoms with Crippen LogP contribution in [0.25, 0.3) is 0 Å². The molecule has 1 rings (SSSR count). The second kappa shape index (κ2) is 5.65. The van der Waals surface area contributed by atoms with Crippen LogP contribution in [0.2, 0.25) is 0 Å². The lowest BCUT2D eigenvalue weighted by Crippen LogP contribution is -2.47. The van der Waals surface area contributed by atoms with E-state index in [0.717, 1.165) is 0 Å². The molecule has 0 aliphatic heterocycles. The van der Waals surface area contributed by atoms with Crippen LogP contribution >= 0.6 is 0 Å². The number of rotatable bonds is 4. The van der Waals surface area contributed by atoms with Crippen molar-refractivity contribution < 1.29 is 13.9 Å². The van der Waals surface area contributed by atoms with Crippen LogP contribution in [0.3, 0.4) is 0 Å². The first kappa shape index (κ1) is 14.2. The van der Waals surface area contributed by atoms with Crippen LogP contribution in [0.15, 0.2) is 18.2 Å². The summed E-state index contributed by atoms with van der Waals surface area (Å²) in [6.45, 7) is 3.45. The summed E-state index contributed by atoms with van der Waals surface area (Å²) in [5.74, 6) is 1.50. The van der Waals surface area contributed by atoms with Gasteiger partial charge in [0.1, 0.15) is 11.4 Å². The zero-order chi connectivity index (χ0) is 13.8. The molecule has 0 fully saturated rings. The van der Waals surface area contributed by atoms with E-state index in [2.05, 4.69) is 11.2 Å². The Balaban J connectivity index is 3.21. The van der Waals surface area contributed by atoms with Gasteiger partial charge < -0.3 is 4.74 Å². The van der Waals surface area contributed by atoms with Gasteiger partial charge in [-0.1, -0.05) is 18.1 Å². The van der Waals surface area contributed by atoms with E-state index in [4.69, 9.17) is 11.2 Å². The Morgan fingerprint density at radius 2 is 2.28 bits per heavy atom. The lowest BCUT2D eigenvalue weighted by Gasteiger charge is -2.28. The molecular formula is C14H16FNO2. The van der Waals surface area contributed by atoms with Gasteiger partial charge in [0.2, 0.25) is 0 Å². The van der Waals surface area contributed by atoms with Crippen molar-refractivity contribution in [3.63, 3.8) is 0 Å². The van der Waals surface area contributed by atoms with Crippen molar-refractivity contribution in [3.05, 3.63) is 35.1 Å². The molecule has 0 radical (unpaired) electrons. The van der Waals surface area contributed by atoms with Gasteiger partial charge in [-0.2, -0.15) is 0 Å². The molecule has 18 heavy (non-hydrogen) atoms. The standard InChI is InChI=1S/C14H16FNO2/c1-5-8-16-14(3,13(17)18-4)11-7-6-10(2)12(15)9-11/h1,6-7,9,16H,8H2,2-4H3. The van der Waals surface area contributed by atoms with Crippen molar-refractivity contribution in [2.24, 2.45) is 0 Å². The number of methoxy groups -OCH3 is 1. The van der Waals surface area contributed by atoms with Crippen molar-refractivity contribution in [2.45, 2.75) is 19.4 Å². The molecule has 0 saturated heterocycles. The van der Waals surface area contributed by atoms with Crippen molar-refractivity contribution in [1.29, 1.82) is 0 Å². The number of aryl methyl sites for hydroxylation is 1. The van der Waals surface area contributed by atoms with Gasteiger partial charge in [0, 0.05) is 0 Å². The first-order chi connectivity index (χ1) is 8.45. The predicted octanol–water partition coefficient (Wildman–Crippen LogP) is 1.75. The Bertz CT molecular complexity index is 493. The Morgan fingerprint density at radius 3 is 2.78 bits per heavy atom. The van der Waals surface area contributed by atoms with Crippen LogP contribution in [-0.2, 0) is 15.1 Å². The van der Waals surface area contributed by atoms with Gasteiger partial charge in [-0.05, 0) is 31.0 Å². The fourth-order valence-electron chi connectivity index (χ4n) is 1.63. The van der Waals surface area contributed by atoms with Gasteiger partial charge in [-0.15, -0.1) is 6.42 Å². The molecular weight excluding hydrogens is 233 g/mol. The predicted molar refractivity (Wildman–Crippen MR) is 67.3 cm³/mol. The van der Waals surface area contributed by atoms with E-state index < -0.39 is 11.5 Å². The summed E-state index contributed by atoms with van der Waals surface area (Å²) in [7, 11) is 1.28. The average molecular weight is 249 g/mol. The van der Waals surface area contributed by atoms with Crippen LogP contribution in [0.1, 0.15) is 18.1 Å². The minimum Gasteiger partial charge on any atom is -0.467 e. The summed E-state index contributed by atoms with van der Waals surface area (Å²) in [5, 5.41) is 2.88. The maximum absolute atomic E-state index is 13.6. The molecule has 0 spiro atoms. The quantitative estimate of drug-likeness (QED) is 0.652. The molecule has 96 valence electrons. The van der Waals surface area contributed by atoms with Crippen LogP contribution in [0, 0.1) is 25.1 Å². The number of benzene rings is 1. The van der Waals surface area contributed by atoms with Gasteiger partial charge >= 0.3 is 5.97 Å². The van der Waals surface area contributed by atoms with Crippen molar-refractivity contribution in [1.82, 2.24) is 5.32 Å². The molecule has 0 aliphatic carbocycles. The molecule has 1 unspecified atom stereocenters. The summed E-state index contributed by atoms with van der Waals surface area (Å²) in [6.07, 6.45) is 5.17. The molecule has 0 amide bonds. The van der Waals surface area contributed by atoms with Crippen LogP contribution in [0.4, 0.5) is 4.39 Å². The number of hydrogen-bond acceptors (Lipinski definition) is 3. The van der Waals surface area contributed by atoms with Crippen molar-refractivity contribution in [2.75, 3.05) is 13.7 Å². The summed E-state index contributed by atoms with van der Waals surface area (Å²) in [5.41, 5.74) is -0.161. The van der Waals surface area contributed by atoms with E-state index in [1.54, 1.807) is 26.0 Å². The second-order valence-electron chi connectivity index (χ2n) is 4.14. The molecule has 0 heterocycles. The molecule has 0 aromatic heterocycles. The first-order valence-corrected chi connectivity index (χ1v) is 5.49. The lowest BCUT2D eigenvalue weighted by molar-refractivity contribution is -0.148. The maximum atomic E-state index is 13.6. The SMILES string of the molecule is C#CCNC(C)(C(=O)OC)c1ccc(C)c(F)c1. The van der Waals surface area contributed by atoms with E-state index in [1.165, 1.54) is 13.2 Å². The van der Waals surface area contributed by atoms with Crippen molar-refractivity contribution in [3.8, 4) is 12.3 Å². The number of esters is 1. The average Bonchev–Trinajstić information content (AvgIpc) is 2.38. The maximum Gasteiger partial charge on any atom is 0.330 e. The highest BCUT2D eigenvalue weighted by atomic mass is 19.1. The smallest absolute Gasteiger partial charge is 0.330 e. The van der Waals surface area contributed by atoms with Gasteiger partial charge in [0.15, 0.2) is 0 Å². The molecule has 1 atom stereocenters. The molecule has 0 saturated carbocycles. The molecule has 0 bridgehead atoms. The zero-order valence-electron chi connectivity index (χ0n) is 10.7. The topological polar surface area (TPSA) is 38.3 Å². The fourth-order valence-corrected chi connectivity index (χ4v) is 1.63. The molecule has 1 N–H and O–H groups in total. The Kier molecular flexibility index (Phi) is 4.46. The summed E-state index contributed by atoms with van der Waals surface area (Å²) >= 11 is 0. The highest BCUT2D eigenvalue weighted by Crippen LogP contribution is 2.24. The number of carbonyl (C=O) groups excluding carboxylic acids is 1. The van der Waals surface area contributed by atoms with Gasteiger partial charge in [-0.25, -0.2) is 9.18 Å². The summed E-state index contributed by atoms with van der Waals surface area (Å²) < 4.78 is 18.3. The number of halogens is 1. The molecule has 0 aliphatic rings. The summed E-state index contributed by atoms with van der Waals surface area (Å²) in [4.78, 5) is 11.9. The van der Waals surface area contributed by atoms with Crippen molar-refractivity contribution >= 4 is 5.97 Å². The van der Waals surface area contributed by atoms with E-state index in [1.807, 2.05) is 0 Å². The highest BCUT2D eigenvalue weighted by Gasteiger charge is 2.36. The third-order valence-corrected chi connectivity index (χ3v) is 2.89. The van der Waals surface area contributed by atoms with Crippen LogP contribution < -0.4 is 5.32 Å². The minimum absolute atomic E-state index is 0.182. The Morgan fingerprint density at radius 1 is 1.61 bits per heavy atom. The van der Waals surface area contributed by atoms with E-state index >= 15 is 0 Å². The van der Waals surface area contributed by atoms with Gasteiger partial charge in [0.25, 0.3) is 0 Å². The molecule has 1 aromatic rings. The molecule has 3 nitrogen and oxygen atoms in total. The zero-order valence-corrected chi connectivity index (χ0v) is 10.7. The van der Waals surface area contributed by atoms with E-state index in [9.17, 15) is 9.18 Å². The van der Waals surface area contributed by atoms with Crippen LogP contribution in [-0.4, -0.2) is 19.6 Å². The number of nitrogens with one attached hydrogen (secondary N) is 1. The minimum atomic E-state index is -1.16. The Hall–Kier alpha value is -1.86. The summed E-state index contributed by atoms with van der Waals surface area (Å²) in [6, 6.07) is 4.61. The molecule has 4 heteroatoms. The van der Waals surface area contributed by atoms with E-state index in [-0.39, 0.29) is 12.4 Å². The molecule has 1 aromatic carbocycles.